The molecule has 250 valence electrons. The standard InChI is InChI=1S/C33H24F7N3O4S/c1-17(30(44)43-29-27(36)25(34)24(33(38,39)40)26(35)28(29)37)48-21-14-12-20(13-15-21)41-32(46)22(16-19-10-6-7-11-23(19)47-2)42-31(45)18-8-4-3-5-9-18/h3-17H,1-2H3,(H,41,46)(H,42,45)(H,43,44)/b22-16-. The first-order chi connectivity index (χ1) is 22.7. The van der Waals surface area contributed by atoms with Crippen molar-refractivity contribution in [2.24, 2.45) is 0 Å². The SMILES string of the molecule is COc1ccccc1/C=C(\NC(=O)c1ccccc1)C(=O)Nc1ccc(SC(C)C(=O)Nc2c(F)c(F)c(C(F)(F)F)c(F)c2F)cc1. The van der Waals surface area contributed by atoms with Crippen LogP contribution in [0, 0.1) is 23.3 Å². The summed E-state index contributed by atoms with van der Waals surface area (Å²) in [5, 5.41) is 5.68. The summed E-state index contributed by atoms with van der Waals surface area (Å²) in [6.45, 7) is 1.27. The maximum atomic E-state index is 14.2. The third-order valence-electron chi connectivity index (χ3n) is 6.56. The molecule has 0 bridgehead atoms. The molecule has 1 unspecified atom stereocenters. The van der Waals surface area contributed by atoms with Crippen molar-refractivity contribution in [1.29, 1.82) is 0 Å². The molecule has 4 aromatic carbocycles. The van der Waals surface area contributed by atoms with Crippen LogP contribution >= 0.6 is 11.8 Å². The number of halogens is 7. The van der Waals surface area contributed by atoms with Crippen LogP contribution in [0.4, 0.5) is 42.1 Å². The van der Waals surface area contributed by atoms with E-state index in [1.54, 1.807) is 59.9 Å². The number of hydrogen-bond donors (Lipinski definition) is 3. The molecule has 4 rings (SSSR count). The van der Waals surface area contributed by atoms with Crippen LogP contribution in [0.25, 0.3) is 6.08 Å². The Kier molecular flexibility index (Phi) is 11.2. The van der Waals surface area contributed by atoms with E-state index >= 15 is 0 Å². The highest BCUT2D eigenvalue weighted by atomic mass is 32.2. The van der Waals surface area contributed by atoms with Crippen LogP contribution in [0.2, 0.25) is 0 Å². The number of para-hydroxylation sites is 1. The van der Waals surface area contributed by atoms with Crippen molar-refractivity contribution < 1.29 is 49.9 Å². The van der Waals surface area contributed by atoms with Crippen molar-refractivity contribution in [3.05, 3.63) is 125 Å². The molecule has 0 saturated heterocycles. The van der Waals surface area contributed by atoms with Gasteiger partial charge in [0, 0.05) is 21.7 Å². The van der Waals surface area contributed by atoms with E-state index in [4.69, 9.17) is 4.74 Å². The summed E-state index contributed by atoms with van der Waals surface area (Å²) in [6.07, 6.45) is -4.30. The predicted molar refractivity (Wildman–Crippen MR) is 165 cm³/mol. The number of carbonyl (C=O) groups excluding carboxylic acids is 3. The van der Waals surface area contributed by atoms with Crippen molar-refractivity contribution in [1.82, 2.24) is 5.32 Å². The third-order valence-corrected chi connectivity index (χ3v) is 7.67. The Balaban J connectivity index is 1.47. The highest BCUT2D eigenvalue weighted by Gasteiger charge is 2.42. The van der Waals surface area contributed by atoms with Gasteiger partial charge >= 0.3 is 6.18 Å². The summed E-state index contributed by atoms with van der Waals surface area (Å²) in [6, 6.07) is 20.8. The third kappa shape index (κ3) is 8.34. The zero-order chi connectivity index (χ0) is 35.2. The lowest BCUT2D eigenvalue weighted by Gasteiger charge is -2.16. The number of carbonyl (C=O) groups is 3. The van der Waals surface area contributed by atoms with E-state index < -0.39 is 63.7 Å². The van der Waals surface area contributed by atoms with Crippen LogP contribution in [-0.2, 0) is 15.8 Å². The number of ether oxygens (including phenoxy) is 1. The molecule has 0 saturated carbocycles. The fourth-order valence-corrected chi connectivity index (χ4v) is 5.04. The number of benzene rings is 4. The Hall–Kier alpha value is -5.31. The fourth-order valence-electron chi connectivity index (χ4n) is 4.17. The number of amides is 3. The highest BCUT2D eigenvalue weighted by Crippen LogP contribution is 2.39. The number of methoxy groups -OCH3 is 1. The van der Waals surface area contributed by atoms with Gasteiger partial charge < -0.3 is 20.7 Å². The van der Waals surface area contributed by atoms with Crippen LogP contribution < -0.4 is 20.7 Å². The minimum absolute atomic E-state index is 0.118. The number of rotatable bonds is 10. The van der Waals surface area contributed by atoms with Gasteiger partial charge in [0.2, 0.25) is 5.91 Å². The van der Waals surface area contributed by atoms with E-state index in [2.05, 4.69) is 10.6 Å². The van der Waals surface area contributed by atoms with E-state index in [-0.39, 0.29) is 11.4 Å². The molecule has 1 atom stereocenters. The first-order valence-corrected chi connectivity index (χ1v) is 14.6. The molecule has 48 heavy (non-hydrogen) atoms. The summed E-state index contributed by atoms with van der Waals surface area (Å²) < 4.78 is 100. The molecule has 0 aromatic heterocycles. The van der Waals surface area contributed by atoms with Crippen LogP contribution in [0.15, 0.2) is 89.5 Å². The molecule has 0 fully saturated rings. The molecule has 0 aliphatic carbocycles. The quantitative estimate of drug-likeness (QED) is 0.0683. The molecular weight excluding hydrogens is 667 g/mol. The van der Waals surface area contributed by atoms with Gasteiger partial charge in [0.25, 0.3) is 11.8 Å². The Bertz CT molecular complexity index is 1840. The maximum Gasteiger partial charge on any atom is 0.422 e. The van der Waals surface area contributed by atoms with E-state index in [0.717, 1.165) is 11.8 Å². The summed E-state index contributed by atoms with van der Waals surface area (Å²) >= 11 is 0.825. The van der Waals surface area contributed by atoms with Gasteiger partial charge in [0.1, 0.15) is 22.7 Å². The predicted octanol–water partition coefficient (Wildman–Crippen LogP) is 7.80. The molecule has 15 heteroatoms. The zero-order valence-electron chi connectivity index (χ0n) is 24.8. The van der Waals surface area contributed by atoms with Gasteiger partial charge in [0.15, 0.2) is 23.3 Å². The smallest absolute Gasteiger partial charge is 0.422 e. The minimum atomic E-state index is -5.73. The summed E-state index contributed by atoms with van der Waals surface area (Å²) in [4.78, 5) is 39.1. The van der Waals surface area contributed by atoms with Gasteiger partial charge in [0.05, 0.1) is 12.4 Å². The first kappa shape index (κ1) is 35.5. The number of alkyl halides is 3. The molecule has 0 aliphatic rings. The van der Waals surface area contributed by atoms with Crippen LogP contribution in [0.3, 0.4) is 0 Å². The number of nitrogens with one attached hydrogen (secondary N) is 3. The molecule has 7 nitrogen and oxygen atoms in total. The Morgan fingerprint density at radius 2 is 1.38 bits per heavy atom. The normalized spacial score (nSPS) is 12.2. The zero-order valence-corrected chi connectivity index (χ0v) is 25.7. The van der Waals surface area contributed by atoms with E-state index in [9.17, 15) is 45.1 Å². The molecule has 3 N–H and O–H groups in total. The summed E-state index contributed by atoms with van der Waals surface area (Å²) in [5.74, 6) is -12.2. The number of anilines is 2. The minimum Gasteiger partial charge on any atom is -0.496 e. The van der Waals surface area contributed by atoms with Crippen molar-refractivity contribution in [2.45, 2.75) is 23.2 Å². The van der Waals surface area contributed by atoms with Gasteiger partial charge in [-0.15, -0.1) is 11.8 Å². The first-order valence-electron chi connectivity index (χ1n) is 13.7. The second-order valence-corrected chi connectivity index (χ2v) is 11.3. The molecule has 0 spiro atoms. The molecular formula is C33H24F7N3O4S. The van der Waals surface area contributed by atoms with Gasteiger partial charge in [-0.3, -0.25) is 14.4 Å². The fraction of sp³-hybridized carbons (Fsp3) is 0.121. The second-order valence-electron chi connectivity index (χ2n) is 9.85. The molecule has 0 heterocycles. The lowest BCUT2D eigenvalue weighted by Crippen LogP contribution is -2.30. The highest BCUT2D eigenvalue weighted by molar-refractivity contribution is 8.00. The molecule has 0 radical (unpaired) electrons. The van der Waals surface area contributed by atoms with Crippen LogP contribution in [0.5, 0.6) is 5.75 Å². The second kappa shape index (κ2) is 15.1. The van der Waals surface area contributed by atoms with Crippen molar-refractivity contribution >= 4 is 46.9 Å². The van der Waals surface area contributed by atoms with E-state index in [0.29, 0.717) is 21.8 Å². The van der Waals surface area contributed by atoms with Gasteiger partial charge in [-0.2, -0.15) is 13.2 Å². The van der Waals surface area contributed by atoms with Gasteiger partial charge in [-0.25, -0.2) is 17.6 Å². The summed E-state index contributed by atoms with van der Waals surface area (Å²) in [7, 11) is 1.45. The largest absolute Gasteiger partial charge is 0.496 e. The van der Waals surface area contributed by atoms with E-state index in [1.807, 2.05) is 0 Å². The lowest BCUT2D eigenvalue weighted by molar-refractivity contribution is -0.143. The van der Waals surface area contributed by atoms with Crippen LogP contribution in [0.1, 0.15) is 28.4 Å². The molecule has 3 amide bonds. The van der Waals surface area contributed by atoms with Crippen molar-refractivity contribution in [3.8, 4) is 5.75 Å². The summed E-state index contributed by atoms with van der Waals surface area (Å²) in [5.41, 5.74) is -3.52. The van der Waals surface area contributed by atoms with Gasteiger partial charge in [-0.05, 0) is 55.5 Å². The maximum absolute atomic E-state index is 14.2. The monoisotopic (exact) mass is 691 g/mol. The van der Waals surface area contributed by atoms with Crippen molar-refractivity contribution in [3.63, 3.8) is 0 Å². The lowest BCUT2D eigenvalue weighted by atomic mass is 10.1. The van der Waals surface area contributed by atoms with Gasteiger partial charge in [-0.1, -0.05) is 36.4 Å². The Labute approximate surface area is 273 Å². The number of hydrogen-bond acceptors (Lipinski definition) is 5. The molecule has 4 aromatic rings. The van der Waals surface area contributed by atoms with Crippen LogP contribution in [-0.4, -0.2) is 30.1 Å². The topological polar surface area (TPSA) is 96.5 Å². The number of thioether (sulfide) groups is 1. The Morgan fingerprint density at radius 1 is 0.792 bits per heavy atom. The average molecular weight is 692 g/mol. The molecule has 0 aliphatic heterocycles. The average Bonchev–Trinajstić information content (AvgIpc) is 3.06. The Morgan fingerprint density at radius 3 is 1.96 bits per heavy atom. The van der Waals surface area contributed by atoms with Crippen molar-refractivity contribution in [2.75, 3.05) is 17.7 Å². The van der Waals surface area contributed by atoms with E-state index in [1.165, 1.54) is 44.4 Å².